The van der Waals surface area contributed by atoms with Gasteiger partial charge in [0.05, 0.1) is 6.04 Å². The largest absolute Gasteiger partial charge is 0.304 e. The van der Waals surface area contributed by atoms with E-state index in [1.165, 1.54) is 38.5 Å². The van der Waals surface area contributed by atoms with Gasteiger partial charge in [0.15, 0.2) is 0 Å². The highest BCUT2D eigenvalue weighted by Crippen LogP contribution is 2.32. The van der Waals surface area contributed by atoms with Gasteiger partial charge in [0, 0.05) is 12.5 Å². The molecule has 1 aliphatic carbocycles. The number of rotatable bonds is 7. The average Bonchev–Trinajstić information content (AvgIpc) is 2.46. The maximum atomic E-state index is 12.2. The summed E-state index contributed by atoms with van der Waals surface area (Å²) in [5.74, 6) is 1.31. The second-order valence-electron chi connectivity index (χ2n) is 6.30. The Kier molecular flexibility index (Phi) is 6.09. The molecule has 1 saturated carbocycles. The molecule has 2 rings (SSSR count). The first-order valence-electron chi connectivity index (χ1n) is 8.21. The third-order valence-corrected chi connectivity index (χ3v) is 4.87. The Morgan fingerprint density at radius 2 is 1.95 bits per heavy atom. The van der Waals surface area contributed by atoms with Crippen LogP contribution in [0.1, 0.15) is 70.6 Å². The molecule has 0 amide bonds. The van der Waals surface area contributed by atoms with Crippen LogP contribution in [0.2, 0.25) is 0 Å². The van der Waals surface area contributed by atoms with Crippen molar-refractivity contribution >= 4 is 5.78 Å². The predicted octanol–water partition coefficient (Wildman–Crippen LogP) is 4.00. The van der Waals surface area contributed by atoms with Crippen molar-refractivity contribution in [3.8, 4) is 0 Å². The number of carbonyl (C=O) groups is 1. The third-order valence-electron chi connectivity index (χ3n) is 4.87. The molecule has 3 atom stereocenters. The number of unbranched alkanes of at least 4 members (excludes halogenated alkanes) is 3. The molecule has 1 N–H and O–H groups in total. The molecule has 0 bridgehead atoms. The Labute approximate surface area is 118 Å². The van der Waals surface area contributed by atoms with Gasteiger partial charge in [-0.05, 0) is 50.9 Å². The van der Waals surface area contributed by atoms with E-state index in [4.69, 9.17) is 0 Å². The molecule has 1 aliphatic heterocycles. The number of hydrogen-bond donors (Lipinski definition) is 1. The average molecular weight is 263 g/mol. The summed E-state index contributed by atoms with van der Waals surface area (Å²) in [6, 6.07) is 0.802. The van der Waals surface area contributed by atoms with Crippen LogP contribution in [0.25, 0.3) is 0 Å². The van der Waals surface area contributed by atoms with Crippen molar-refractivity contribution in [2.24, 2.45) is 5.92 Å². The molecule has 2 aliphatic rings. The summed E-state index contributed by atoms with van der Waals surface area (Å²) in [6.07, 6.45) is 15.0. The van der Waals surface area contributed by atoms with Crippen molar-refractivity contribution in [3.63, 3.8) is 0 Å². The summed E-state index contributed by atoms with van der Waals surface area (Å²) >= 11 is 0. The Morgan fingerprint density at radius 1 is 1.11 bits per heavy atom. The van der Waals surface area contributed by atoms with Gasteiger partial charge >= 0.3 is 0 Å². The zero-order valence-corrected chi connectivity index (χ0v) is 12.2. The van der Waals surface area contributed by atoms with Crippen LogP contribution in [-0.4, -0.2) is 17.9 Å². The molecule has 3 unspecified atom stereocenters. The lowest BCUT2D eigenvalue weighted by Crippen LogP contribution is -2.51. The number of ketones is 1. The van der Waals surface area contributed by atoms with E-state index in [0.29, 0.717) is 11.8 Å². The topological polar surface area (TPSA) is 29.1 Å². The Balaban J connectivity index is 1.67. The van der Waals surface area contributed by atoms with Crippen LogP contribution in [-0.2, 0) is 4.79 Å². The summed E-state index contributed by atoms with van der Waals surface area (Å²) < 4.78 is 0. The van der Waals surface area contributed by atoms with Crippen molar-refractivity contribution in [3.05, 3.63) is 12.7 Å². The summed E-state index contributed by atoms with van der Waals surface area (Å²) in [4.78, 5) is 12.2. The van der Waals surface area contributed by atoms with Crippen LogP contribution >= 0.6 is 0 Å². The number of carbonyl (C=O) groups excluding carboxylic acids is 1. The molecule has 0 radical (unpaired) electrons. The summed E-state index contributed by atoms with van der Waals surface area (Å²) in [7, 11) is 0. The monoisotopic (exact) mass is 263 g/mol. The zero-order valence-electron chi connectivity index (χ0n) is 12.2. The van der Waals surface area contributed by atoms with Gasteiger partial charge in [-0.15, -0.1) is 6.58 Å². The van der Waals surface area contributed by atoms with Crippen molar-refractivity contribution in [1.82, 2.24) is 5.32 Å². The van der Waals surface area contributed by atoms with E-state index in [2.05, 4.69) is 11.9 Å². The quantitative estimate of drug-likeness (QED) is 0.555. The second kappa shape index (κ2) is 7.84. The molecule has 2 fully saturated rings. The maximum absolute atomic E-state index is 12.2. The SMILES string of the molecule is C=CCCCCCC(=O)C1CCC2CCCCC2N1. The normalized spacial score (nSPS) is 30.6. The van der Waals surface area contributed by atoms with E-state index in [1.54, 1.807) is 0 Å². The van der Waals surface area contributed by atoms with E-state index < -0.39 is 0 Å². The van der Waals surface area contributed by atoms with E-state index in [-0.39, 0.29) is 6.04 Å². The molecule has 2 heteroatoms. The van der Waals surface area contributed by atoms with Crippen LogP contribution in [0.3, 0.4) is 0 Å². The second-order valence-corrected chi connectivity index (χ2v) is 6.30. The summed E-state index contributed by atoms with van der Waals surface area (Å²) in [6.45, 7) is 3.73. The van der Waals surface area contributed by atoms with E-state index in [1.807, 2.05) is 6.08 Å². The van der Waals surface area contributed by atoms with Crippen LogP contribution in [0.15, 0.2) is 12.7 Å². The molecular formula is C17H29NO. The molecule has 2 nitrogen and oxygen atoms in total. The molecule has 0 aromatic carbocycles. The lowest BCUT2D eigenvalue weighted by atomic mass is 9.77. The molecule has 1 saturated heterocycles. The molecule has 0 spiro atoms. The highest BCUT2D eigenvalue weighted by atomic mass is 16.1. The predicted molar refractivity (Wildman–Crippen MR) is 80.2 cm³/mol. The number of nitrogens with one attached hydrogen (secondary N) is 1. The van der Waals surface area contributed by atoms with Crippen LogP contribution in [0, 0.1) is 5.92 Å². The molecular weight excluding hydrogens is 234 g/mol. The van der Waals surface area contributed by atoms with Gasteiger partial charge in [0.2, 0.25) is 0 Å². The molecule has 0 aromatic heterocycles. The molecule has 108 valence electrons. The van der Waals surface area contributed by atoms with Crippen LogP contribution < -0.4 is 5.32 Å². The first kappa shape index (κ1) is 14.8. The fraction of sp³-hybridized carbons (Fsp3) is 0.824. The van der Waals surface area contributed by atoms with Crippen LogP contribution in [0.4, 0.5) is 0 Å². The highest BCUT2D eigenvalue weighted by Gasteiger charge is 2.33. The van der Waals surface area contributed by atoms with Gasteiger partial charge in [0.1, 0.15) is 5.78 Å². The molecule has 1 heterocycles. The Hall–Kier alpha value is -0.630. The highest BCUT2D eigenvalue weighted by molar-refractivity contribution is 5.84. The maximum Gasteiger partial charge on any atom is 0.149 e. The number of piperidine rings is 1. The third kappa shape index (κ3) is 4.45. The first-order chi connectivity index (χ1) is 9.31. The standard InChI is InChI=1S/C17H29NO/c1-2-3-4-5-6-11-17(19)16-13-12-14-9-7-8-10-15(14)18-16/h2,14-16,18H,1,3-13H2. The van der Waals surface area contributed by atoms with Crippen molar-refractivity contribution in [2.45, 2.75) is 82.7 Å². The Bertz CT molecular complexity index is 300. The van der Waals surface area contributed by atoms with E-state index >= 15 is 0 Å². The molecule has 0 aromatic rings. The number of hydrogen-bond acceptors (Lipinski definition) is 2. The lowest BCUT2D eigenvalue weighted by molar-refractivity contribution is -0.122. The minimum atomic E-state index is 0.166. The first-order valence-corrected chi connectivity index (χ1v) is 8.21. The number of fused-ring (bicyclic) bond motifs is 1. The van der Waals surface area contributed by atoms with Gasteiger partial charge in [0.25, 0.3) is 0 Å². The van der Waals surface area contributed by atoms with Gasteiger partial charge in [-0.25, -0.2) is 0 Å². The van der Waals surface area contributed by atoms with Crippen molar-refractivity contribution < 1.29 is 4.79 Å². The summed E-state index contributed by atoms with van der Waals surface area (Å²) in [5, 5.41) is 3.64. The fourth-order valence-electron chi connectivity index (χ4n) is 3.69. The lowest BCUT2D eigenvalue weighted by Gasteiger charge is -2.40. The summed E-state index contributed by atoms with van der Waals surface area (Å²) in [5.41, 5.74) is 0. The van der Waals surface area contributed by atoms with Gasteiger partial charge in [-0.1, -0.05) is 25.3 Å². The molecule has 19 heavy (non-hydrogen) atoms. The minimum Gasteiger partial charge on any atom is -0.304 e. The van der Waals surface area contributed by atoms with E-state index in [0.717, 1.165) is 38.0 Å². The van der Waals surface area contributed by atoms with Crippen molar-refractivity contribution in [2.75, 3.05) is 0 Å². The number of Topliss-reactive ketones (excluding diaryl/α,β-unsaturated/α-hetero) is 1. The number of allylic oxidation sites excluding steroid dienone is 1. The van der Waals surface area contributed by atoms with Crippen molar-refractivity contribution in [1.29, 1.82) is 0 Å². The van der Waals surface area contributed by atoms with E-state index in [9.17, 15) is 4.79 Å². The van der Waals surface area contributed by atoms with Gasteiger partial charge in [-0.2, -0.15) is 0 Å². The van der Waals surface area contributed by atoms with Gasteiger partial charge in [-0.3, -0.25) is 4.79 Å². The minimum absolute atomic E-state index is 0.166. The van der Waals surface area contributed by atoms with Gasteiger partial charge < -0.3 is 5.32 Å². The van der Waals surface area contributed by atoms with Crippen LogP contribution in [0.5, 0.6) is 0 Å². The fourth-order valence-corrected chi connectivity index (χ4v) is 3.69. The Morgan fingerprint density at radius 3 is 2.79 bits per heavy atom. The smallest absolute Gasteiger partial charge is 0.149 e. The zero-order chi connectivity index (χ0) is 13.5.